The smallest absolute Gasteiger partial charge is 0.119 e. The fraction of sp³-hybridized carbons (Fsp3) is 0.308. The molecule has 3 nitrogen and oxygen atoms in total. The van der Waals surface area contributed by atoms with Gasteiger partial charge in [-0.25, -0.2) is 0 Å². The number of aryl methyl sites for hydroxylation is 1. The number of aromatic nitrogens is 2. The topological polar surface area (TPSA) is 27.1 Å². The average molecular weight is 330 g/mol. The summed E-state index contributed by atoms with van der Waals surface area (Å²) in [7, 11) is 1.93. The van der Waals surface area contributed by atoms with Crippen LogP contribution in [0.1, 0.15) is 11.3 Å². The number of rotatable bonds is 5. The van der Waals surface area contributed by atoms with Crippen molar-refractivity contribution in [3.05, 3.63) is 46.2 Å². The van der Waals surface area contributed by atoms with E-state index in [2.05, 4.69) is 21.0 Å². The second kappa shape index (κ2) is 6.25. The molecule has 96 valence electrons. The summed E-state index contributed by atoms with van der Waals surface area (Å²) in [6.07, 6.45) is 2.63. The standard InChI is InChI=1S/C13H14BrClN2O/c1-17-11(4-6-16-17)5-7-18-12-2-3-13(14)10(8-12)9-15/h2-4,6,8H,5,7,9H2,1H3. The molecule has 0 aliphatic rings. The maximum atomic E-state index is 5.84. The molecular weight excluding hydrogens is 316 g/mol. The number of hydrogen-bond donors (Lipinski definition) is 0. The molecule has 1 aromatic heterocycles. The molecule has 0 saturated heterocycles. The van der Waals surface area contributed by atoms with Crippen molar-refractivity contribution >= 4 is 27.5 Å². The summed E-state index contributed by atoms with van der Waals surface area (Å²) >= 11 is 9.29. The molecular formula is C13H14BrClN2O. The van der Waals surface area contributed by atoms with E-state index in [9.17, 15) is 0 Å². The highest BCUT2D eigenvalue weighted by atomic mass is 79.9. The third kappa shape index (κ3) is 3.27. The first-order valence-corrected chi connectivity index (χ1v) is 6.97. The van der Waals surface area contributed by atoms with Gasteiger partial charge in [0, 0.05) is 35.7 Å². The summed E-state index contributed by atoms with van der Waals surface area (Å²) < 4.78 is 8.58. The van der Waals surface area contributed by atoms with E-state index in [0.717, 1.165) is 27.9 Å². The van der Waals surface area contributed by atoms with E-state index >= 15 is 0 Å². The van der Waals surface area contributed by atoms with E-state index in [1.165, 1.54) is 0 Å². The third-order valence-electron chi connectivity index (χ3n) is 2.71. The lowest BCUT2D eigenvalue weighted by Gasteiger charge is -2.08. The minimum Gasteiger partial charge on any atom is -0.493 e. The lowest BCUT2D eigenvalue weighted by molar-refractivity contribution is 0.318. The first-order valence-electron chi connectivity index (χ1n) is 5.65. The van der Waals surface area contributed by atoms with E-state index in [0.29, 0.717) is 12.5 Å². The molecule has 0 unspecified atom stereocenters. The van der Waals surface area contributed by atoms with Crippen molar-refractivity contribution in [3.8, 4) is 5.75 Å². The van der Waals surface area contributed by atoms with Crippen molar-refractivity contribution < 1.29 is 4.74 Å². The second-order valence-corrected chi connectivity index (χ2v) is 5.05. The monoisotopic (exact) mass is 328 g/mol. The Bertz CT molecular complexity index is 527. The first kappa shape index (κ1) is 13.4. The lowest BCUT2D eigenvalue weighted by Crippen LogP contribution is -2.06. The first-order chi connectivity index (χ1) is 8.70. The van der Waals surface area contributed by atoms with Gasteiger partial charge in [0.2, 0.25) is 0 Å². The molecule has 0 spiro atoms. The molecule has 0 saturated carbocycles. The van der Waals surface area contributed by atoms with Gasteiger partial charge >= 0.3 is 0 Å². The van der Waals surface area contributed by atoms with Crippen molar-refractivity contribution in [2.75, 3.05) is 6.61 Å². The highest BCUT2D eigenvalue weighted by Crippen LogP contribution is 2.24. The van der Waals surface area contributed by atoms with Gasteiger partial charge in [-0.15, -0.1) is 11.6 Å². The summed E-state index contributed by atoms with van der Waals surface area (Å²) in [5.74, 6) is 1.32. The Kier molecular flexibility index (Phi) is 4.66. The van der Waals surface area contributed by atoms with Crippen LogP contribution >= 0.6 is 27.5 Å². The minimum atomic E-state index is 0.472. The maximum absolute atomic E-state index is 5.84. The van der Waals surface area contributed by atoms with Crippen LogP contribution in [0.25, 0.3) is 0 Å². The summed E-state index contributed by atoms with van der Waals surface area (Å²) in [5.41, 5.74) is 2.19. The van der Waals surface area contributed by atoms with Crippen molar-refractivity contribution in [2.45, 2.75) is 12.3 Å². The molecule has 0 N–H and O–H groups in total. The molecule has 1 heterocycles. The van der Waals surface area contributed by atoms with Gasteiger partial charge in [-0.1, -0.05) is 15.9 Å². The van der Waals surface area contributed by atoms with Gasteiger partial charge in [0.1, 0.15) is 5.75 Å². The third-order valence-corrected chi connectivity index (χ3v) is 3.77. The van der Waals surface area contributed by atoms with Crippen LogP contribution < -0.4 is 4.74 Å². The maximum Gasteiger partial charge on any atom is 0.119 e. The Morgan fingerprint density at radius 3 is 2.89 bits per heavy atom. The van der Waals surface area contributed by atoms with Crippen molar-refractivity contribution in [3.63, 3.8) is 0 Å². The van der Waals surface area contributed by atoms with E-state index in [-0.39, 0.29) is 0 Å². The lowest BCUT2D eigenvalue weighted by atomic mass is 10.2. The van der Waals surface area contributed by atoms with E-state index < -0.39 is 0 Å². The highest BCUT2D eigenvalue weighted by molar-refractivity contribution is 9.10. The summed E-state index contributed by atoms with van der Waals surface area (Å²) in [5, 5.41) is 4.12. The zero-order valence-electron chi connectivity index (χ0n) is 10.1. The van der Waals surface area contributed by atoms with E-state index in [1.54, 1.807) is 6.20 Å². The molecule has 0 aliphatic carbocycles. The summed E-state index contributed by atoms with van der Waals surface area (Å²) in [6.45, 7) is 0.628. The quantitative estimate of drug-likeness (QED) is 0.785. The number of nitrogens with zero attached hydrogens (tertiary/aromatic N) is 2. The van der Waals surface area contributed by atoms with Gasteiger partial charge < -0.3 is 4.74 Å². The minimum absolute atomic E-state index is 0.472. The second-order valence-electron chi connectivity index (χ2n) is 3.93. The molecule has 0 radical (unpaired) electrons. The van der Waals surface area contributed by atoms with Gasteiger partial charge in [-0.05, 0) is 29.8 Å². The number of benzene rings is 1. The molecule has 5 heteroatoms. The van der Waals surface area contributed by atoms with Gasteiger partial charge in [-0.3, -0.25) is 4.68 Å². The van der Waals surface area contributed by atoms with Crippen LogP contribution in [0.4, 0.5) is 0 Å². The molecule has 0 fully saturated rings. The van der Waals surface area contributed by atoms with Crippen LogP contribution in [0, 0.1) is 0 Å². The van der Waals surface area contributed by atoms with Gasteiger partial charge in [-0.2, -0.15) is 5.10 Å². The predicted octanol–water partition coefficient (Wildman–Crippen LogP) is 3.54. The molecule has 0 aliphatic heterocycles. The Labute approximate surface area is 120 Å². The Hall–Kier alpha value is -1.000. The molecule has 0 amide bonds. The van der Waals surface area contributed by atoms with Gasteiger partial charge in [0.05, 0.1) is 6.61 Å². The van der Waals surface area contributed by atoms with Crippen LogP contribution in [-0.2, 0) is 19.3 Å². The van der Waals surface area contributed by atoms with E-state index in [1.807, 2.05) is 36.0 Å². The van der Waals surface area contributed by atoms with Crippen LogP contribution in [-0.4, -0.2) is 16.4 Å². The van der Waals surface area contributed by atoms with E-state index in [4.69, 9.17) is 16.3 Å². The number of hydrogen-bond acceptors (Lipinski definition) is 2. The molecule has 1 aromatic carbocycles. The zero-order chi connectivity index (χ0) is 13.0. The average Bonchev–Trinajstić information content (AvgIpc) is 2.77. The molecule has 18 heavy (non-hydrogen) atoms. The normalized spacial score (nSPS) is 10.6. The van der Waals surface area contributed by atoms with Crippen molar-refractivity contribution in [1.82, 2.24) is 9.78 Å². The Balaban J connectivity index is 1.92. The van der Waals surface area contributed by atoms with Gasteiger partial charge in [0.25, 0.3) is 0 Å². The van der Waals surface area contributed by atoms with Crippen LogP contribution in [0.3, 0.4) is 0 Å². The molecule has 2 aromatic rings. The molecule has 2 rings (SSSR count). The Morgan fingerprint density at radius 2 is 2.22 bits per heavy atom. The van der Waals surface area contributed by atoms with Crippen molar-refractivity contribution in [2.24, 2.45) is 7.05 Å². The Morgan fingerprint density at radius 1 is 1.39 bits per heavy atom. The van der Waals surface area contributed by atoms with Crippen LogP contribution in [0.15, 0.2) is 34.9 Å². The fourth-order valence-corrected chi connectivity index (χ4v) is 2.43. The van der Waals surface area contributed by atoms with Crippen molar-refractivity contribution in [1.29, 1.82) is 0 Å². The number of alkyl halides is 1. The SMILES string of the molecule is Cn1nccc1CCOc1ccc(Br)c(CCl)c1. The van der Waals surface area contributed by atoms with Gasteiger partial charge in [0.15, 0.2) is 0 Å². The van der Waals surface area contributed by atoms with Crippen LogP contribution in [0.2, 0.25) is 0 Å². The molecule has 0 atom stereocenters. The van der Waals surface area contributed by atoms with Crippen LogP contribution in [0.5, 0.6) is 5.75 Å². The number of ether oxygens (including phenoxy) is 1. The highest BCUT2D eigenvalue weighted by Gasteiger charge is 2.03. The number of halogens is 2. The summed E-state index contributed by atoms with van der Waals surface area (Å²) in [6, 6.07) is 7.84. The zero-order valence-corrected chi connectivity index (χ0v) is 12.4. The largest absolute Gasteiger partial charge is 0.493 e. The predicted molar refractivity (Wildman–Crippen MR) is 76.1 cm³/mol. The fourth-order valence-electron chi connectivity index (χ4n) is 1.66. The molecule has 0 bridgehead atoms. The summed E-state index contributed by atoms with van der Waals surface area (Å²) in [4.78, 5) is 0.